The molecule has 1 N–H and O–H groups in total. The third-order valence-corrected chi connectivity index (χ3v) is 3.39. The molecule has 1 amide bonds. The number of alkyl halides is 3. The molecule has 0 spiro atoms. The van der Waals surface area contributed by atoms with Crippen LogP contribution in [0.4, 0.5) is 13.2 Å². The number of para-hydroxylation sites is 1. The summed E-state index contributed by atoms with van der Waals surface area (Å²) in [5, 5.41) is 10.7. The molecule has 4 nitrogen and oxygen atoms in total. The zero-order valence-electron chi connectivity index (χ0n) is 10.9. The minimum Gasteiger partial charge on any atom is -0.405 e. The molecule has 21 heavy (non-hydrogen) atoms. The van der Waals surface area contributed by atoms with Gasteiger partial charge in [-0.25, -0.2) is 0 Å². The SMILES string of the molecule is N#CCNC(=O)CCCSc1ccccc1OC(F)(F)F. The third kappa shape index (κ3) is 7.46. The molecule has 0 heterocycles. The average molecular weight is 318 g/mol. The van der Waals surface area contributed by atoms with E-state index >= 15 is 0 Å². The van der Waals surface area contributed by atoms with Crippen molar-refractivity contribution >= 4 is 17.7 Å². The van der Waals surface area contributed by atoms with Crippen molar-refractivity contribution in [3.63, 3.8) is 0 Å². The van der Waals surface area contributed by atoms with Crippen LogP contribution in [-0.2, 0) is 4.79 Å². The highest BCUT2D eigenvalue weighted by Crippen LogP contribution is 2.33. The number of hydrogen-bond donors (Lipinski definition) is 1. The lowest BCUT2D eigenvalue weighted by atomic mass is 10.3. The molecule has 1 rings (SSSR count). The van der Waals surface area contributed by atoms with Crippen molar-refractivity contribution in [1.82, 2.24) is 5.32 Å². The number of thioether (sulfide) groups is 1. The monoisotopic (exact) mass is 318 g/mol. The second-order valence-corrected chi connectivity index (χ2v) is 5.02. The average Bonchev–Trinajstić information content (AvgIpc) is 2.41. The number of ether oxygens (including phenoxy) is 1. The van der Waals surface area contributed by atoms with Gasteiger partial charge in [0, 0.05) is 11.3 Å². The van der Waals surface area contributed by atoms with Gasteiger partial charge < -0.3 is 10.1 Å². The summed E-state index contributed by atoms with van der Waals surface area (Å²) in [5.74, 6) is -0.0287. The maximum atomic E-state index is 12.2. The van der Waals surface area contributed by atoms with Gasteiger partial charge in [-0.2, -0.15) is 5.26 Å². The Morgan fingerprint density at radius 3 is 2.76 bits per heavy atom. The van der Waals surface area contributed by atoms with E-state index in [-0.39, 0.29) is 24.6 Å². The number of rotatable bonds is 7. The van der Waals surface area contributed by atoms with Crippen LogP contribution in [0.3, 0.4) is 0 Å². The Morgan fingerprint density at radius 2 is 2.10 bits per heavy atom. The largest absolute Gasteiger partial charge is 0.573 e. The van der Waals surface area contributed by atoms with Gasteiger partial charge in [-0.15, -0.1) is 24.9 Å². The fourth-order valence-electron chi connectivity index (χ4n) is 1.42. The van der Waals surface area contributed by atoms with Crippen molar-refractivity contribution in [2.24, 2.45) is 0 Å². The third-order valence-electron chi connectivity index (χ3n) is 2.25. The topological polar surface area (TPSA) is 62.1 Å². The summed E-state index contributed by atoms with van der Waals surface area (Å²) in [6.45, 7) is -0.0474. The molecule has 0 radical (unpaired) electrons. The van der Waals surface area contributed by atoms with Crippen LogP contribution in [0.1, 0.15) is 12.8 Å². The fraction of sp³-hybridized carbons (Fsp3) is 0.385. The van der Waals surface area contributed by atoms with Crippen LogP contribution in [0.25, 0.3) is 0 Å². The van der Waals surface area contributed by atoms with Crippen LogP contribution < -0.4 is 10.1 Å². The molecule has 114 valence electrons. The van der Waals surface area contributed by atoms with E-state index in [1.54, 1.807) is 12.1 Å². The zero-order chi connectivity index (χ0) is 15.7. The normalized spacial score (nSPS) is 10.8. The molecule has 0 atom stereocenters. The molecule has 1 aromatic carbocycles. The number of amides is 1. The van der Waals surface area contributed by atoms with Gasteiger partial charge in [0.15, 0.2) is 0 Å². The first-order valence-corrected chi connectivity index (χ1v) is 7.02. The first-order chi connectivity index (χ1) is 9.92. The Kier molecular flexibility index (Phi) is 6.88. The molecule has 0 bridgehead atoms. The summed E-state index contributed by atoms with van der Waals surface area (Å²) in [6.07, 6.45) is -4.02. The highest BCUT2D eigenvalue weighted by atomic mass is 32.2. The molecule has 0 unspecified atom stereocenters. The van der Waals surface area contributed by atoms with Crippen LogP contribution in [0, 0.1) is 11.3 Å². The predicted octanol–water partition coefficient (Wildman–Crippen LogP) is 3.10. The van der Waals surface area contributed by atoms with E-state index in [2.05, 4.69) is 10.1 Å². The highest BCUT2D eigenvalue weighted by Gasteiger charge is 2.32. The molecule has 0 saturated heterocycles. The summed E-state index contributed by atoms with van der Waals surface area (Å²) in [6, 6.07) is 7.63. The number of halogens is 3. The van der Waals surface area contributed by atoms with Crippen LogP contribution in [0.15, 0.2) is 29.2 Å². The molecular formula is C13H13F3N2O2S. The first-order valence-electron chi connectivity index (χ1n) is 6.03. The lowest BCUT2D eigenvalue weighted by molar-refractivity contribution is -0.275. The first kappa shape index (κ1) is 17.2. The molecular weight excluding hydrogens is 305 g/mol. The molecule has 0 saturated carbocycles. The highest BCUT2D eigenvalue weighted by molar-refractivity contribution is 7.99. The summed E-state index contributed by atoms with van der Waals surface area (Å²) in [7, 11) is 0. The molecule has 8 heteroatoms. The Balaban J connectivity index is 2.42. The van der Waals surface area contributed by atoms with E-state index in [0.717, 1.165) is 0 Å². The van der Waals surface area contributed by atoms with Gasteiger partial charge in [-0.3, -0.25) is 4.79 Å². The van der Waals surface area contributed by atoms with E-state index in [1.165, 1.54) is 30.0 Å². The lowest BCUT2D eigenvalue weighted by Gasteiger charge is -2.12. The number of carbonyl (C=O) groups excluding carboxylic acids is 1. The van der Waals surface area contributed by atoms with Gasteiger partial charge in [0.25, 0.3) is 0 Å². The van der Waals surface area contributed by atoms with Crippen molar-refractivity contribution in [2.45, 2.75) is 24.1 Å². The number of nitrogens with zero attached hydrogens (tertiary/aromatic N) is 1. The Bertz CT molecular complexity index is 515. The number of nitriles is 1. The molecule has 0 aliphatic rings. The molecule has 0 aromatic heterocycles. The maximum Gasteiger partial charge on any atom is 0.573 e. The van der Waals surface area contributed by atoms with E-state index in [4.69, 9.17) is 5.26 Å². The van der Waals surface area contributed by atoms with Crippen molar-refractivity contribution in [1.29, 1.82) is 5.26 Å². The van der Waals surface area contributed by atoms with Gasteiger partial charge >= 0.3 is 6.36 Å². The smallest absolute Gasteiger partial charge is 0.405 e. The van der Waals surface area contributed by atoms with Gasteiger partial charge in [-0.1, -0.05) is 12.1 Å². The van der Waals surface area contributed by atoms with Crippen molar-refractivity contribution in [3.05, 3.63) is 24.3 Å². The number of nitrogens with one attached hydrogen (secondary N) is 1. The Morgan fingerprint density at radius 1 is 1.38 bits per heavy atom. The van der Waals surface area contributed by atoms with Gasteiger partial charge in [0.2, 0.25) is 5.91 Å². The van der Waals surface area contributed by atoms with Gasteiger partial charge in [0.1, 0.15) is 12.3 Å². The Labute approximate surface area is 124 Å². The molecule has 0 fully saturated rings. The van der Waals surface area contributed by atoms with Crippen molar-refractivity contribution in [3.8, 4) is 11.8 Å². The second-order valence-electron chi connectivity index (χ2n) is 3.88. The quantitative estimate of drug-likeness (QED) is 0.477. The van der Waals surface area contributed by atoms with E-state index in [1.807, 2.05) is 0 Å². The minimum atomic E-state index is -4.73. The van der Waals surface area contributed by atoms with Crippen LogP contribution in [0.2, 0.25) is 0 Å². The standard InChI is InChI=1S/C13H13F3N2O2S/c14-13(15,16)20-10-4-1-2-5-11(10)21-9-3-6-12(19)18-8-7-17/h1-2,4-5H,3,6,8-9H2,(H,18,19). The van der Waals surface area contributed by atoms with E-state index in [9.17, 15) is 18.0 Å². The Hall–Kier alpha value is -1.88. The predicted molar refractivity (Wildman–Crippen MR) is 71.7 cm³/mol. The summed E-state index contributed by atoms with van der Waals surface area (Å²) in [4.78, 5) is 11.6. The zero-order valence-corrected chi connectivity index (χ0v) is 11.8. The molecule has 0 aliphatic heterocycles. The van der Waals surface area contributed by atoms with E-state index in [0.29, 0.717) is 17.1 Å². The van der Waals surface area contributed by atoms with Gasteiger partial charge in [0.05, 0.1) is 6.07 Å². The van der Waals surface area contributed by atoms with Crippen molar-refractivity contribution in [2.75, 3.05) is 12.3 Å². The number of benzene rings is 1. The van der Waals surface area contributed by atoms with Gasteiger partial charge in [-0.05, 0) is 24.3 Å². The molecule has 0 aliphatic carbocycles. The maximum absolute atomic E-state index is 12.2. The number of hydrogen-bond acceptors (Lipinski definition) is 4. The second kappa shape index (κ2) is 8.42. The van der Waals surface area contributed by atoms with Crippen molar-refractivity contribution < 1.29 is 22.7 Å². The fourth-order valence-corrected chi connectivity index (χ4v) is 2.36. The lowest BCUT2D eigenvalue weighted by Crippen LogP contribution is -2.23. The van der Waals surface area contributed by atoms with Crippen LogP contribution >= 0.6 is 11.8 Å². The summed E-state index contributed by atoms with van der Waals surface area (Å²) < 4.78 is 40.6. The number of carbonyl (C=O) groups is 1. The molecule has 1 aromatic rings. The minimum absolute atomic E-state index is 0.0474. The van der Waals surface area contributed by atoms with E-state index < -0.39 is 6.36 Å². The van der Waals surface area contributed by atoms with Crippen LogP contribution in [0.5, 0.6) is 5.75 Å². The summed E-state index contributed by atoms with van der Waals surface area (Å²) in [5.41, 5.74) is 0. The van der Waals surface area contributed by atoms with Crippen LogP contribution in [-0.4, -0.2) is 24.6 Å². The summed E-state index contributed by atoms with van der Waals surface area (Å²) >= 11 is 1.18.